The molecule has 0 unspecified atom stereocenters. The lowest BCUT2D eigenvalue weighted by Crippen LogP contribution is -2.14. The Morgan fingerprint density at radius 1 is 1.86 bits per heavy atom. The molecule has 0 aliphatic rings. The van der Waals surface area contributed by atoms with Crippen LogP contribution in [0.4, 0.5) is 0 Å². The average molecular weight is 139 g/mol. The van der Waals surface area contributed by atoms with Crippen molar-refractivity contribution in [2.75, 3.05) is 6.54 Å². The number of thiol groups is 1. The van der Waals surface area contributed by atoms with Gasteiger partial charge in [-0.25, -0.2) is 0 Å². The fraction of sp³-hybridized carbons (Fsp3) is 0.667. The quantitative estimate of drug-likeness (QED) is 0.396. The minimum atomic E-state index is 0. The maximum absolute atomic E-state index is 4.55. The van der Waals surface area contributed by atoms with E-state index in [0.717, 1.165) is 6.54 Å². The van der Waals surface area contributed by atoms with Crippen molar-refractivity contribution in [3.63, 3.8) is 0 Å². The van der Waals surface area contributed by atoms with Crippen molar-refractivity contribution in [3.8, 4) is 0 Å². The Bertz CT molecular complexity index is 56.9. The van der Waals surface area contributed by atoms with Gasteiger partial charge in [0.15, 0.2) is 0 Å². The molecule has 0 aromatic rings. The summed E-state index contributed by atoms with van der Waals surface area (Å²) in [6, 6.07) is 0. The molecular weight excluding hydrogens is 130 g/mol. The van der Waals surface area contributed by atoms with E-state index in [1.165, 1.54) is 0 Å². The summed E-state index contributed by atoms with van der Waals surface area (Å²) < 4.78 is 0.567. The number of nitrogens with one attached hydrogen (secondary N) is 1. The molecule has 3 N–H and O–H groups in total. The molecule has 0 bridgehead atoms. The minimum Gasteiger partial charge on any atom is -0.412 e. The fourth-order valence-electron chi connectivity index (χ4n) is 0.151. The van der Waals surface area contributed by atoms with Crippen LogP contribution >= 0.6 is 24.8 Å². The molecular formula is C3H9NOS2. The highest BCUT2D eigenvalue weighted by Crippen LogP contribution is 1.72. The number of hydrogen-bond acceptors (Lipinski definition) is 1. The van der Waals surface area contributed by atoms with E-state index in [1.807, 2.05) is 6.92 Å². The van der Waals surface area contributed by atoms with Gasteiger partial charge in [-0.1, -0.05) is 12.2 Å². The molecule has 0 rings (SSSR count). The highest BCUT2D eigenvalue weighted by atomic mass is 32.1. The van der Waals surface area contributed by atoms with E-state index in [-0.39, 0.29) is 5.48 Å². The van der Waals surface area contributed by atoms with Gasteiger partial charge in [-0.2, -0.15) is 0 Å². The van der Waals surface area contributed by atoms with Crippen LogP contribution in [0.5, 0.6) is 0 Å². The SMILES string of the molecule is CCNC(=S)S.O. The highest BCUT2D eigenvalue weighted by molar-refractivity contribution is 8.11. The molecule has 0 fully saturated rings. The minimum absolute atomic E-state index is 0. The summed E-state index contributed by atoms with van der Waals surface area (Å²) in [6.45, 7) is 2.84. The predicted octanol–water partition coefficient (Wildman–Crippen LogP) is -0.0141. The third-order valence-corrected chi connectivity index (χ3v) is 0.630. The van der Waals surface area contributed by atoms with Crippen LogP contribution < -0.4 is 5.32 Å². The molecule has 0 saturated heterocycles. The molecule has 0 aromatic heterocycles. The van der Waals surface area contributed by atoms with Gasteiger partial charge in [-0.05, 0) is 6.92 Å². The molecule has 0 aliphatic carbocycles. The summed E-state index contributed by atoms with van der Waals surface area (Å²) in [7, 11) is 0. The first-order valence-corrected chi connectivity index (χ1v) is 2.59. The van der Waals surface area contributed by atoms with Crippen LogP contribution in [-0.4, -0.2) is 16.3 Å². The van der Waals surface area contributed by atoms with Crippen molar-refractivity contribution >= 4 is 29.2 Å². The predicted molar refractivity (Wildman–Crippen MR) is 38.9 cm³/mol. The monoisotopic (exact) mass is 139 g/mol. The molecule has 4 heteroatoms. The third kappa shape index (κ3) is 10.7. The van der Waals surface area contributed by atoms with Gasteiger partial charge in [0.25, 0.3) is 0 Å². The first-order valence-electron chi connectivity index (χ1n) is 1.74. The van der Waals surface area contributed by atoms with E-state index >= 15 is 0 Å². The Morgan fingerprint density at radius 2 is 2.29 bits per heavy atom. The fourth-order valence-corrected chi connectivity index (χ4v) is 0.454. The normalized spacial score (nSPS) is 6.57. The Kier molecular flexibility index (Phi) is 9.07. The largest absolute Gasteiger partial charge is 0.412 e. The van der Waals surface area contributed by atoms with Gasteiger partial charge in [0, 0.05) is 6.54 Å². The van der Waals surface area contributed by atoms with Crippen LogP contribution in [0.15, 0.2) is 0 Å². The second kappa shape index (κ2) is 6.20. The maximum atomic E-state index is 4.55. The summed E-state index contributed by atoms with van der Waals surface area (Å²) in [6.07, 6.45) is 0. The molecule has 0 aliphatic heterocycles. The van der Waals surface area contributed by atoms with E-state index in [4.69, 9.17) is 0 Å². The third-order valence-electron chi connectivity index (χ3n) is 0.328. The van der Waals surface area contributed by atoms with Crippen molar-refractivity contribution in [3.05, 3.63) is 0 Å². The number of hydrogen-bond donors (Lipinski definition) is 2. The lowest BCUT2D eigenvalue weighted by molar-refractivity contribution is 0.824. The van der Waals surface area contributed by atoms with Crippen molar-refractivity contribution in [1.29, 1.82) is 0 Å². The van der Waals surface area contributed by atoms with Gasteiger partial charge in [-0.3, -0.25) is 0 Å². The number of thiocarbonyl (C=S) groups is 1. The van der Waals surface area contributed by atoms with Crippen molar-refractivity contribution < 1.29 is 5.48 Å². The first kappa shape index (κ1) is 10.2. The number of rotatable bonds is 1. The molecule has 0 amide bonds. The van der Waals surface area contributed by atoms with Gasteiger partial charge in [0.2, 0.25) is 0 Å². The molecule has 0 atom stereocenters. The molecule has 0 saturated carbocycles. The van der Waals surface area contributed by atoms with Crippen LogP contribution in [0.3, 0.4) is 0 Å². The van der Waals surface area contributed by atoms with Crippen LogP contribution in [0, 0.1) is 0 Å². The maximum Gasteiger partial charge on any atom is 0.130 e. The Morgan fingerprint density at radius 3 is 2.29 bits per heavy atom. The van der Waals surface area contributed by atoms with Gasteiger partial charge in [-0.15, -0.1) is 12.6 Å². The van der Waals surface area contributed by atoms with E-state index < -0.39 is 0 Å². The highest BCUT2D eigenvalue weighted by Gasteiger charge is 1.74. The van der Waals surface area contributed by atoms with Gasteiger partial charge in [0.05, 0.1) is 0 Å². The summed E-state index contributed by atoms with van der Waals surface area (Å²) in [5.41, 5.74) is 0. The van der Waals surface area contributed by atoms with Crippen LogP contribution in [0.1, 0.15) is 6.92 Å². The standard InChI is InChI=1S/C3H7NS2.H2O/c1-2-4-3(5)6;/h2H2,1H3,(H2,4,5,6);1H2. The smallest absolute Gasteiger partial charge is 0.130 e. The van der Waals surface area contributed by atoms with Crippen LogP contribution in [0.2, 0.25) is 0 Å². The zero-order valence-corrected chi connectivity index (χ0v) is 5.77. The average Bonchev–Trinajstić information content (AvgIpc) is 1.35. The summed E-state index contributed by atoms with van der Waals surface area (Å²) in [5, 5.41) is 2.80. The zero-order valence-electron chi connectivity index (χ0n) is 4.06. The van der Waals surface area contributed by atoms with E-state index in [2.05, 4.69) is 30.2 Å². The van der Waals surface area contributed by atoms with Crippen molar-refractivity contribution in [1.82, 2.24) is 5.32 Å². The summed E-state index contributed by atoms with van der Waals surface area (Å²) in [4.78, 5) is 0. The lowest BCUT2D eigenvalue weighted by atomic mass is 10.8. The van der Waals surface area contributed by atoms with E-state index in [1.54, 1.807) is 0 Å². The van der Waals surface area contributed by atoms with Crippen LogP contribution in [0.25, 0.3) is 0 Å². The molecule has 2 nitrogen and oxygen atoms in total. The van der Waals surface area contributed by atoms with Gasteiger partial charge >= 0.3 is 0 Å². The second-order valence-corrected chi connectivity index (χ2v) is 1.99. The van der Waals surface area contributed by atoms with Crippen molar-refractivity contribution in [2.45, 2.75) is 6.92 Å². The molecule has 7 heavy (non-hydrogen) atoms. The van der Waals surface area contributed by atoms with E-state index in [0.29, 0.717) is 4.32 Å². The molecule has 0 radical (unpaired) electrons. The van der Waals surface area contributed by atoms with Gasteiger partial charge < -0.3 is 10.8 Å². The topological polar surface area (TPSA) is 43.5 Å². The molecule has 0 aromatic carbocycles. The van der Waals surface area contributed by atoms with Crippen LogP contribution in [-0.2, 0) is 0 Å². The molecule has 0 spiro atoms. The van der Waals surface area contributed by atoms with Gasteiger partial charge in [0.1, 0.15) is 4.32 Å². The summed E-state index contributed by atoms with van der Waals surface area (Å²) >= 11 is 8.35. The molecule has 44 valence electrons. The Hall–Kier alpha value is 0.200. The Labute approximate surface area is 54.0 Å². The first-order chi connectivity index (χ1) is 2.77. The second-order valence-electron chi connectivity index (χ2n) is 0.835. The van der Waals surface area contributed by atoms with Crippen molar-refractivity contribution in [2.24, 2.45) is 0 Å². The summed E-state index contributed by atoms with van der Waals surface area (Å²) in [5.74, 6) is 0. The molecule has 0 heterocycles. The van der Waals surface area contributed by atoms with E-state index in [9.17, 15) is 0 Å². The zero-order chi connectivity index (χ0) is 4.99. The lowest BCUT2D eigenvalue weighted by Gasteiger charge is -1.91. The Balaban J connectivity index is 0.